The molecule has 1 aliphatic heterocycles. The van der Waals surface area contributed by atoms with Crippen LogP contribution in [0.2, 0.25) is 0 Å². The van der Waals surface area contributed by atoms with Crippen LogP contribution in [0.15, 0.2) is 36.7 Å². The van der Waals surface area contributed by atoms with Crippen molar-refractivity contribution in [2.75, 3.05) is 13.2 Å². The highest BCUT2D eigenvalue weighted by atomic mass is 16.5. The van der Waals surface area contributed by atoms with Gasteiger partial charge in [-0.05, 0) is 43.2 Å². The van der Waals surface area contributed by atoms with Gasteiger partial charge in [-0.25, -0.2) is 0 Å². The van der Waals surface area contributed by atoms with E-state index in [1.807, 2.05) is 32.0 Å². The quantitative estimate of drug-likeness (QED) is 0.862. The number of carboxylic acid groups (broad SMARTS) is 1. The Morgan fingerprint density at radius 3 is 2.77 bits per heavy atom. The number of aliphatic carboxylic acids is 1. The molecule has 136 valence electrons. The van der Waals surface area contributed by atoms with Crippen molar-refractivity contribution in [2.24, 2.45) is 0 Å². The molecule has 0 bridgehead atoms. The first-order valence-corrected chi connectivity index (χ1v) is 8.69. The third-order valence-corrected chi connectivity index (χ3v) is 4.46. The summed E-state index contributed by atoms with van der Waals surface area (Å²) >= 11 is 0. The van der Waals surface area contributed by atoms with E-state index in [2.05, 4.69) is 11.1 Å². The van der Waals surface area contributed by atoms with Crippen LogP contribution in [-0.4, -0.2) is 46.1 Å². The first-order chi connectivity index (χ1) is 12.5. The van der Waals surface area contributed by atoms with E-state index >= 15 is 0 Å². The topological polar surface area (TPSA) is 79.7 Å². The molecule has 1 aromatic heterocycles. The van der Waals surface area contributed by atoms with Crippen LogP contribution >= 0.6 is 0 Å². The number of aromatic nitrogens is 1. The molecule has 1 aromatic carbocycles. The van der Waals surface area contributed by atoms with E-state index in [0.29, 0.717) is 12.2 Å². The third-order valence-electron chi connectivity index (χ3n) is 4.46. The lowest BCUT2D eigenvalue weighted by molar-refractivity contribution is -0.137. The number of carbonyl (C=O) groups is 2. The molecular formula is C20H22N2O4. The molecule has 0 spiro atoms. The number of hydrogen-bond donors (Lipinski definition) is 1. The van der Waals surface area contributed by atoms with Crippen LogP contribution in [0.25, 0.3) is 11.1 Å². The molecule has 6 heteroatoms. The first kappa shape index (κ1) is 17.9. The average Bonchev–Trinajstić information content (AvgIpc) is 3.09. The van der Waals surface area contributed by atoms with E-state index in [1.54, 1.807) is 11.1 Å². The number of fused-ring (bicyclic) bond motifs is 1. The predicted octanol–water partition coefficient (Wildman–Crippen LogP) is 3.01. The lowest BCUT2D eigenvalue weighted by Gasteiger charge is -2.26. The van der Waals surface area contributed by atoms with Crippen molar-refractivity contribution in [1.82, 2.24) is 9.88 Å². The second-order valence-electron chi connectivity index (χ2n) is 6.62. The number of benzene rings is 1. The molecular weight excluding hydrogens is 332 g/mol. The molecule has 1 aliphatic rings. The molecule has 0 saturated heterocycles. The van der Waals surface area contributed by atoms with Crippen LogP contribution in [0.4, 0.5) is 0 Å². The highest BCUT2D eigenvalue weighted by Crippen LogP contribution is 2.30. The van der Waals surface area contributed by atoms with Crippen LogP contribution in [-0.2, 0) is 11.2 Å². The second kappa shape index (κ2) is 7.56. The SMILES string of the molecule is CC(C)N(CCC(=O)O)C(=O)c1cncc(-c2ccc3c(c2)CCO3)c1. The standard InChI is InChI=1S/C20H22N2O4/c1-13(2)22(7-5-19(23)24)20(25)17-10-16(11-21-12-17)14-3-4-18-15(9-14)6-8-26-18/h3-4,9-13H,5-8H2,1-2H3,(H,23,24). The van der Waals surface area contributed by atoms with Crippen molar-refractivity contribution in [2.45, 2.75) is 32.7 Å². The van der Waals surface area contributed by atoms with Gasteiger partial charge in [-0.1, -0.05) is 6.07 Å². The highest BCUT2D eigenvalue weighted by Gasteiger charge is 2.21. The number of carbonyl (C=O) groups excluding carboxylic acids is 1. The molecule has 0 saturated carbocycles. The minimum Gasteiger partial charge on any atom is -0.493 e. The van der Waals surface area contributed by atoms with Gasteiger partial charge in [0.25, 0.3) is 5.91 Å². The summed E-state index contributed by atoms with van der Waals surface area (Å²) in [7, 11) is 0. The Morgan fingerprint density at radius 2 is 2.04 bits per heavy atom. The Kier molecular flexibility index (Phi) is 5.21. The average molecular weight is 354 g/mol. The molecule has 0 radical (unpaired) electrons. The number of amides is 1. The lowest BCUT2D eigenvalue weighted by atomic mass is 10.0. The van der Waals surface area contributed by atoms with Crippen molar-refractivity contribution in [3.63, 3.8) is 0 Å². The fourth-order valence-electron chi connectivity index (χ4n) is 3.06. The molecule has 6 nitrogen and oxygen atoms in total. The Balaban J connectivity index is 1.86. The van der Waals surface area contributed by atoms with Gasteiger partial charge in [-0.15, -0.1) is 0 Å². The maximum Gasteiger partial charge on any atom is 0.305 e. The summed E-state index contributed by atoms with van der Waals surface area (Å²) in [5, 5.41) is 8.91. The summed E-state index contributed by atoms with van der Waals surface area (Å²) in [6.07, 6.45) is 4.05. The van der Waals surface area contributed by atoms with Crippen LogP contribution in [0.5, 0.6) is 5.75 Å². The molecule has 2 aromatic rings. The van der Waals surface area contributed by atoms with Gasteiger partial charge in [0.1, 0.15) is 5.75 Å². The number of nitrogens with zero attached hydrogens (tertiary/aromatic N) is 2. The minimum absolute atomic E-state index is 0.0815. The van der Waals surface area contributed by atoms with Crippen LogP contribution in [0.3, 0.4) is 0 Å². The van der Waals surface area contributed by atoms with Gasteiger partial charge >= 0.3 is 5.97 Å². The summed E-state index contributed by atoms with van der Waals surface area (Å²) in [5.41, 5.74) is 3.45. The fourth-order valence-corrected chi connectivity index (χ4v) is 3.06. The summed E-state index contributed by atoms with van der Waals surface area (Å²) < 4.78 is 5.53. The number of carboxylic acids is 1. The molecule has 0 unspecified atom stereocenters. The van der Waals surface area contributed by atoms with E-state index in [4.69, 9.17) is 9.84 Å². The van der Waals surface area contributed by atoms with Crippen LogP contribution in [0, 0.1) is 0 Å². The molecule has 1 N–H and O–H groups in total. The van der Waals surface area contributed by atoms with E-state index < -0.39 is 5.97 Å². The van der Waals surface area contributed by atoms with Gasteiger partial charge in [0.05, 0.1) is 18.6 Å². The molecule has 26 heavy (non-hydrogen) atoms. The van der Waals surface area contributed by atoms with Crippen molar-refractivity contribution < 1.29 is 19.4 Å². The van der Waals surface area contributed by atoms with Crippen molar-refractivity contribution in [1.29, 1.82) is 0 Å². The van der Waals surface area contributed by atoms with Gasteiger partial charge < -0.3 is 14.7 Å². The van der Waals surface area contributed by atoms with E-state index in [-0.39, 0.29) is 24.9 Å². The number of pyridine rings is 1. The zero-order valence-corrected chi connectivity index (χ0v) is 14.9. The van der Waals surface area contributed by atoms with Crippen molar-refractivity contribution in [3.8, 4) is 16.9 Å². The van der Waals surface area contributed by atoms with E-state index in [9.17, 15) is 9.59 Å². The third kappa shape index (κ3) is 3.85. The molecule has 0 fully saturated rings. The van der Waals surface area contributed by atoms with Gasteiger partial charge in [-0.3, -0.25) is 14.6 Å². The zero-order valence-electron chi connectivity index (χ0n) is 14.9. The predicted molar refractivity (Wildman–Crippen MR) is 97.3 cm³/mol. The molecule has 3 rings (SSSR count). The second-order valence-corrected chi connectivity index (χ2v) is 6.62. The molecule has 2 heterocycles. The molecule has 1 amide bonds. The molecule has 0 atom stereocenters. The van der Waals surface area contributed by atoms with E-state index in [0.717, 1.165) is 28.9 Å². The number of hydrogen-bond acceptors (Lipinski definition) is 4. The number of ether oxygens (including phenoxy) is 1. The first-order valence-electron chi connectivity index (χ1n) is 8.69. The summed E-state index contributed by atoms with van der Waals surface area (Å²) in [6, 6.07) is 7.68. The van der Waals surface area contributed by atoms with Crippen molar-refractivity contribution >= 4 is 11.9 Å². The zero-order chi connectivity index (χ0) is 18.7. The Morgan fingerprint density at radius 1 is 1.23 bits per heavy atom. The van der Waals surface area contributed by atoms with Crippen LogP contribution in [0.1, 0.15) is 36.2 Å². The highest BCUT2D eigenvalue weighted by molar-refractivity contribution is 5.95. The Labute approximate surface area is 152 Å². The number of rotatable bonds is 6. The fraction of sp³-hybridized carbons (Fsp3) is 0.350. The summed E-state index contributed by atoms with van der Waals surface area (Å²) in [4.78, 5) is 29.5. The summed E-state index contributed by atoms with van der Waals surface area (Å²) in [6.45, 7) is 4.61. The Hall–Kier alpha value is -2.89. The van der Waals surface area contributed by atoms with Gasteiger partial charge in [0, 0.05) is 37.0 Å². The van der Waals surface area contributed by atoms with Gasteiger partial charge in [0.15, 0.2) is 0 Å². The van der Waals surface area contributed by atoms with Gasteiger partial charge in [-0.2, -0.15) is 0 Å². The summed E-state index contributed by atoms with van der Waals surface area (Å²) in [5.74, 6) is -0.218. The van der Waals surface area contributed by atoms with Crippen molar-refractivity contribution in [3.05, 3.63) is 47.8 Å². The smallest absolute Gasteiger partial charge is 0.305 e. The maximum atomic E-state index is 12.8. The van der Waals surface area contributed by atoms with E-state index in [1.165, 1.54) is 6.20 Å². The minimum atomic E-state index is -0.921. The largest absolute Gasteiger partial charge is 0.493 e. The monoisotopic (exact) mass is 354 g/mol. The van der Waals surface area contributed by atoms with Gasteiger partial charge in [0.2, 0.25) is 0 Å². The molecule has 0 aliphatic carbocycles. The normalized spacial score (nSPS) is 12.6. The lowest BCUT2D eigenvalue weighted by Crippen LogP contribution is -2.38. The maximum absolute atomic E-state index is 12.8. The van der Waals surface area contributed by atoms with Crippen LogP contribution < -0.4 is 4.74 Å². The Bertz CT molecular complexity index is 832.